The standard InChI is InChI=1S/C16H13NO/c1-12-10-14-15(8-5-9-16(14)18)17(12)11-13-6-3-2-4-7-13/h2-4,6-7,9-10,18H,11H2,1H3. The third-order valence-electron chi connectivity index (χ3n) is 3.16. The van der Waals surface area contributed by atoms with Gasteiger partial charge in [-0.25, -0.2) is 0 Å². The predicted octanol–water partition coefficient (Wildman–Crippen LogP) is 3.30. The Morgan fingerprint density at radius 1 is 1.22 bits per heavy atom. The average molecular weight is 235 g/mol. The molecule has 18 heavy (non-hydrogen) atoms. The third-order valence-corrected chi connectivity index (χ3v) is 3.16. The van der Waals surface area contributed by atoms with Crippen molar-refractivity contribution in [2.45, 2.75) is 13.5 Å². The van der Waals surface area contributed by atoms with Crippen molar-refractivity contribution in [3.63, 3.8) is 0 Å². The predicted molar refractivity (Wildman–Crippen MR) is 71.6 cm³/mol. The van der Waals surface area contributed by atoms with Gasteiger partial charge in [0, 0.05) is 18.3 Å². The maximum Gasteiger partial charge on any atom is 0.133 e. The Kier molecular flexibility index (Phi) is 2.46. The van der Waals surface area contributed by atoms with Crippen molar-refractivity contribution >= 4 is 10.9 Å². The highest BCUT2D eigenvalue weighted by Gasteiger charge is 2.08. The van der Waals surface area contributed by atoms with E-state index in [9.17, 15) is 5.11 Å². The number of aromatic hydroxyl groups is 1. The van der Waals surface area contributed by atoms with Crippen molar-refractivity contribution in [1.82, 2.24) is 4.57 Å². The van der Waals surface area contributed by atoms with Crippen molar-refractivity contribution < 1.29 is 5.11 Å². The van der Waals surface area contributed by atoms with Crippen molar-refractivity contribution in [2.75, 3.05) is 0 Å². The summed E-state index contributed by atoms with van der Waals surface area (Å²) in [6, 6.07) is 19.7. The lowest BCUT2D eigenvalue weighted by molar-refractivity contribution is 0.482. The molecule has 0 fully saturated rings. The van der Waals surface area contributed by atoms with Crippen LogP contribution in [0.1, 0.15) is 11.3 Å². The lowest BCUT2D eigenvalue weighted by atomic mass is 10.2. The third kappa shape index (κ3) is 1.70. The van der Waals surface area contributed by atoms with Gasteiger partial charge in [-0.15, -0.1) is 0 Å². The van der Waals surface area contributed by atoms with Gasteiger partial charge in [0.2, 0.25) is 0 Å². The van der Waals surface area contributed by atoms with Gasteiger partial charge in [-0.3, -0.25) is 0 Å². The number of aryl methyl sites for hydroxylation is 1. The van der Waals surface area contributed by atoms with Crippen LogP contribution in [0.15, 0.2) is 42.5 Å². The van der Waals surface area contributed by atoms with Crippen LogP contribution in [0.25, 0.3) is 10.9 Å². The summed E-state index contributed by atoms with van der Waals surface area (Å²) >= 11 is 0. The van der Waals surface area contributed by atoms with E-state index < -0.39 is 0 Å². The number of hydrogen-bond acceptors (Lipinski definition) is 1. The Morgan fingerprint density at radius 3 is 2.78 bits per heavy atom. The van der Waals surface area contributed by atoms with Crippen LogP contribution < -0.4 is 0 Å². The van der Waals surface area contributed by atoms with E-state index in [2.05, 4.69) is 28.8 Å². The van der Waals surface area contributed by atoms with E-state index in [0.29, 0.717) is 0 Å². The first-order valence-corrected chi connectivity index (χ1v) is 5.91. The zero-order valence-corrected chi connectivity index (χ0v) is 10.1. The van der Waals surface area contributed by atoms with Gasteiger partial charge < -0.3 is 9.67 Å². The van der Waals surface area contributed by atoms with E-state index >= 15 is 0 Å². The minimum atomic E-state index is 0.263. The summed E-state index contributed by atoms with van der Waals surface area (Å²) in [7, 11) is 0. The fraction of sp³-hybridized carbons (Fsp3) is 0.125. The summed E-state index contributed by atoms with van der Waals surface area (Å²) in [5, 5.41) is 10.6. The molecule has 1 heterocycles. The van der Waals surface area contributed by atoms with Gasteiger partial charge in [0.25, 0.3) is 0 Å². The zero-order valence-electron chi connectivity index (χ0n) is 10.1. The average Bonchev–Trinajstić information content (AvgIpc) is 2.70. The smallest absolute Gasteiger partial charge is 0.133 e. The Bertz CT molecular complexity index is 683. The van der Waals surface area contributed by atoms with Gasteiger partial charge in [-0.05, 0) is 24.6 Å². The van der Waals surface area contributed by atoms with Crippen LogP contribution in [0.2, 0.25) is 0 Å². The van der Waals surface area contributed by atoms with E-state index in [-0.39, 0.29) is 5.75 Å². The lowest BCUT2D eigenvalue weighted by Gasteiger charge is -2.07. The van der Waals surface area contributed by atoms with Crippen molar-refractivity contribution in [3.8, 4) is 5.75 Å². The minimum absolute atomic E-state index is 0.263. The minimum Gasteiger partial charge on any atom is -0.507 e. The second kappa shape index (κ2) is 4.12. The first-order valence-electron chi connectivity index (χ1n) is 5.91. The molecule has 0 aliphatic heterocycles. The van der Waals surface area contributed by atoms with Crippen LogP contribution in [-0.4, -0.2) is 9.67 Å². The molecule has 1 N–H and O–H groups in total. The van der Waals surface area contributed by atoms with Gasteiger partial charge in [-0.1, -0.05) is 36.4 Å². The number of benzene rings is 1. The van der Waals surface area contributed by atoms with Gasteiger partial charge >= 0.3 is 0 Å². The Labute approximate surface area is 106 Å². The van der Waals surface area contributed by atoms with Crippen molar-refractivity contribution in [1.29, 1.82) is 0 Å². The van der Waals surface area contributed by atoms with E-state index in [1.54, 1.807) is 6.07 Å². The number of nitrogens with zero attached hydrogens (tertiary/aromatic N) is 1. The highest BCUT2D eigenvalue weighted by molar-refractivity contribution is 5.85. The topological polar surface area (TPSA) is 25.2 Å². The Hall–Kier alpha value is -2.40. The molecular weight excluding hydrogens is 222 g/mol. The molecule has 1 aromatic heterocycles. The molecule has 0 saturated carbocycles. The maximum atomic E-state index is 9.81. The lowest BCUT2D eigenvalue weighted by Crippen LogP contribution is -2.00. The molecule has 0 aliphatic rings. The van der Waals surface area contributed by atoms with Gasteiger partial charge in [0.05, 0.1) is 5.39 Å². The summed E-state index contributed by atoms with van der Waals surface area (Å²) in [4.78, 5) is 0. The summed E-state index contributed by atoms with van der Waals surface area (Å²) < 4.78 is 2.14. The first kappa shape index (κ1) is 10.7. The first-order chi connectivity index (χ1) is 8.75. The molecule has 0 bridgehead atoms. The Balaban J connectivity index is 2.12. The molecular formula is C16H13NO. The van der Waals surface area contributed by atoms with Crippen LogP contribution in [0, 0.1) is 19.1 Å². The second-order valence-electron chi connectivity index (χ2n) is 4.42. The molecule has 0 atom stereocenters. The molecule has 2 nitrogen and oxygen atoms in total. The number of rotatable bonds is 2. The van der Waals surface area contributed by atoms with E-state index in [0.717, 1.165) is 23.1 Å². The summed E-state index contributed by atoms with van der Waals surface area (Å²) in [5.41, 5.74) is 3.24. The molecule has 0 aliphatic carbocycles. The normalized spacial score (nSPS) is 10.5. The van der Waals surface area contributed by atoms with Gasteiger partial charge in [0.15, 0.2) is 0 Å². The molecule has 0 amide bonds. The molecule has 0 unspecified atom stereocenters. The molecule has 88 valence electrons. The summed E-state index contributed by atoms with van der Waals surface area (Å²) in [6.07, 6.45) is 0. The monoisotopic (exact) mass is 235 g/mol. The van der Waals surface area contributed by atoms with E-state index in [4.69, 9.17) is 0 Å². The molecule has 0 saturated heterocycles. The largest absolute Gasteiger partial charge is 0.507 e. The number of fused-ring (bicyclic) bond motifs is 1. The van der Waals surface area contributed by atoms with E-state index in [1.807, 2.05) is 31.2 Å². The summed E-state index contributed by atoms with van der Waals surface area (Å²) in [6.45, 7) is 2.82. The number of aromatic nitrogens is 1. The molecule has 3 aromatic rings. The second-order valence-corrected chi connectivity index (χ2v) is 4.42. The maximum absolute atomic E-state index is 9.81. The fourth-order valence-corrected chi connectivity index (χ4v) is 2.23. The van der Waals surface area contributed by atoms with E-state index in [1.165, 1.54) is 5.56 Å². The SMILES string of the molecule is Cc1cc2c(O)cc#cc2n1Cc1ccccc1. The van der Waals surface area contributed by atoms with Crippen LogP contribution in [0.5, 0.6) is 5.75 Å². The molecule has 0 radical (unpaired) electrons. The van der Waals surface area contributed by atoms with Crippen molar-refractivity contribution in [3.05, 3.63) is 65.9 Å². The highest BCUT2D eigenvalue weighted by atomic mass is 16.3. The fourth-order valence-electron chi connectivity index (χ4n) is 2.23. The van der Waals surface area contributed by atoms with Gasteiger partial charge in [-0.2, -0.15) is 0 Å². The van der Waals surface area contributed by atoms with Crippen LogP contribution in [0.4, 0.5) is 0 Å². The van der Waals surface area contributed by atoms with Crippen LogP contribution in [0.3, 0.4) is 0 Å². The van der Waals surface area contributed by atoms with Crippen LogP contribution in [-0.2, 0) is 6.54 Å². The molecule has 2 aromatic carbocycles. The summed E-state index contributed by atoms with van der Waals surface area (Å²) in [5.74, 6) is 0.263. The molecule has 0 spiro atoms. The Morgan fingerprint density at radius 2 is 2.00 bits per heavy atom. The van der Waals surface area contributed by atoms with Crippen LogP contribution >= 0.6 is 0 Å². The molecule has 2 heteroatoms. The molecule has 3 rings (SSSR count). The van der Waals surface area contributed by atoms with Gasteiger partial charge in [0.1, 0.15) is 11.3 Å². The van der Waals surface area contributed by atoms with Crippen molar-refractivity contribution in [2.24, 2.45) is 0 Å². The quantitative estimate of drug-likeness (QED) is 0.724. The zero-order chi connectivity index (χ0) is 12.5. The number of hydrogen-bond donors (Lipinski definition) is 1. The highest BCUT2D eigenvalue weighted by Crippen LogP contribution is 2.26.